The van der Waals surface area contributed by atoms with Crippen molar-refractivity contribution in [2.75, 3.05) is 24.6 Å². The summed E-state index contributed by atoms with van der Waals surface area (Å²) in [5.41, 5.74) is -1.95. The van der Waals surface area contributed by atoms with Gasteiger partial charge in [0.25, 0.3) is 5.91 Å². The van der Waals surface area contributed by atoms with E-state index in [0.717, 1.165) is 30.3 Å². The second-order valence-electron chi connectivity index (χ2n) is 9.94. The highest BCUT2D eigenvalue weighted by Gasteiger charge is 2.43. The van der Waals surface area contributed by atoms with Crippen LogP contribution in [0.2, 0.25) is 0 Å². The van der Waals surface area contributed by atoms with Crippen LogP contribution in [0, 0.1) is 17.1 Å². The molecule has 2 amide bonds. The van der Waals surface area contributed by atoms with Gasteiger partial charge < -0.3 is 19.3 Å². The number of hydrogen-bond donors (Lipinski definition) is 0. The number of morpholine rings is 1. The number of likely N-dealkylation sites (tertiary alicyclic amines) is 1. The van der Waals surface area contributed by atoms with E-state index >= 15 is 4.39 Å². The van der Waals surface area contributed by atoms with Crippen molar-refractivity contribution in [1.82, 2.24) is 4.90 Å². The molecule has 2 heterocycles. The molecular weight excluding hydrogens is 494 g/mol. The largest absolute Gasteiger partial charge is 0.444 e. The maximum Gasteiger partial charge on any atom is 0.416 e. The summed E-state index contributed by atoms with van der Waals surface area (Å²) in [5, 5.41) is 9.81. The molecule has 4 rings (SSSR count). The number of fused-ring (bicyclic) bond motifs is 1. The third-order valence-corrected chi connectivity index (χ3v) is 6.16. The van der Waals surface area contributed by atoms with E-state index in [9.17, 15) is 28.0 Å². The lowest BCUT2D eigenvalue weighted by molar-refractivity contribution is -0.137. The molecule has 2 aliphatic heterocycles. The molecule has 2 unspecified atom stereocenters. The number of alkyl halides is 3. The van der Waals surface area contributed by atoms with E-state index in [1.165, 1.54) is 15.9 Å². The molecule has 0 aliphatic carbocycles. The summed E-state index contributed by atoms with van der Waals surface area (Å²) in [5.74, 6) is -1.37. The smallest absolute Gasteiger partial charge is 0.416 e. The first-order valence-corrected chi connectivity index (χ1v) is 11.6. The Bertz CT molecular complexity index is 1270. The van der Waals surface area contributed by atoms with Crippen molar-refractivity contribution in [3.8, 4) is 17.2 Å². The van der Waals surface area contributed by atoms with Gasteiger partial charge >= 0.3 is 12.3 Å². The van der Waals surface area contributed by atoms with Crippen molar-refractivity contribution in [2.24, 2.45) is 0 Å². The van der Waals surface area contributed by atoms with E-state index in [-0.39, 0.29) is 48.5 Å². The molecule has 0 N–H and O–H groups in total. The number of ether oxygens (including phenoxy) is 2. The van der Waals surface area contributed by atoms with Crippen LogP contribution >= 0.6 is 0 Å². The number of benzene rings is 2. The lowest BCUT2D eigenvalue weighted by atomic mass is 9.95. The Hall–Kier alpha value is -3.65. The first-order chi connectivity index (χ1) is 17.3. The quantitative estimate of drug-likeness (QED) is 0.514. The lowest BCUT2D eigenvalue weighted by Crippen LogP contribution is -2.62. The number of anilines is 1. The molecule has 2 aromatic rings. The van der Waals surface area contributed by atoms with Crippen LogP contribution in [0.4, 0.5) is 28.0 Å². The number of rotatable bonds is 2. The Morgan fingerprint density at radius 2 is 1.92 bits per heavy atom. The molecule has 11 heteroatoms. The van der Waals surface area contributed by atoms with Crippen molar-refractivity contribution in [2.45, 2.75) is 51.1 Å². The van der Waals surface area contributed by atoms with Crippen LogP contribution in [-0.4, -0.2) is 54.3 Å². The molecule has 0 bridgehead atoms. The second-order valence-corrected chi connectivity index (χ2v) is 9.94. The van der Waals surface area contributed by atoms with E-state index < -0.39 is 47.3 Å². The maximum absolute atomic E-state index is 15.3. The average molecular weight is 519 g/mol. The summed E-state index contributed by atoms with van der Waals surface area (Å²) in [4.78, 5) is 28.2. The monoisotopic (exact) mass is 519 g/mol. The van der Waals surface area contributed by atoms with Gasteiger partial charge in [-0.15, -0.1) is 0 Å². The van der Waals surface area contributed by atoms with Crippen LogP contribution in [0.15, 0.2) is 36.4 Å². The van der Waals surface area contributed by atoms with Gasteiger partial charge in [-0.05, 0) is 57.0 Å². The predicted molar refractivity (Wildman–Crippen MR) is 125 cm³/mol. The zero-order valence-corrected chi connectivity index (χ0v) is 20.4. The second kappa shape index (κ2) is 9.67. The molecule has 0 aromatic heterocycles. The number of nitrogens with zero attached hydrogens (tertiary/aromatic N) is 3. The summed E-state index contributed by atoms with van der Waals surface area (Å²) in [6.07, 6.45) is -5.45. The van der Waals surface area contributed by atoms with Crippen molar-refractivity contribution in [3.05, 3.63) is 53.3 Å². The molecule has 2 aliphatic rings. The number of carbonyl (C=O) groups is 2. The van der Waals surface area contributed by atoms with Crippen molar-refractivity contribution < 1.29 is 36.6 Å². The molecule has 2 saturated heterocycles. The Kier molecular flexibility index (Phi) is 6.90. The minimum Gasteiger partial charge on any atom is -0.444 e. The van der Waals surface area contributed by atoms with Crippen LogP contribution < -0.4 is 4.90 Å². The van der Waals surface area contributed by atoms with Crippen molar-refractivity contribution in [1.29, 1.82) is 5.26 Å². The average Bonchev–Trinajstić information content (AvgIpc) is 2.82. The number of amides is 2. The van der Waals surface area contributed by atoms with Gasteiger partial charge in [0.15, 0.2) is 0 Å². The highest BCUT2D eigenvalue weighted by Crippen LogP contribution is 2.37. The molecule has 0 radical (unpaired) electrons. The number of hydrogen-bond acceptors (Lipinski definition) is 5. The molecule has 196 valence electrons. The zero-order valence-electron chi connectivity index (χ0n) is 20.4. The fourth-order valence-electron chi connectivity index (χ4n) is 4.54. The molecule has 0 spiro atoms. The van der Waals surface area contributed by atoms with Gasteiger partial charge in [0, 0.05) is 12.1 Å². The number of halogens is 4. The summed E-state index contributed by atoms with van der Waals surface area (Å²) in [7, 11) is 0. The molecule has 0 saturated carbocycles. The summed E-state index contributed by atoms with van der Waals surface area (Å²) < 4.78 is 65.9. The van der Waals surface area contributed by atoms with Crippen LogP contribution in [0.3, 0.4) is 0 Å². The Morgan fingerprint density at radius 1 is 1.19 bits per heavy atom. The standard InChI is InChI=1S/C26H25F4N3O4/c1-25(2,3)37-24(35)32-8-7-20-22(13-32)36-14-23(34)33(20)21-11-19(27)18(10-16(21)12-31)15-5-4-6-17(9-15)26(28,29)30/h4-6,9-11,20,22H,7-8,13-14H2,1-3H3. The number of carbonyl (C=O) groups excluding carboxylic acids is 2. The SMILES string of the molecule is CC(C)(C)OC(=O)N1CCC2C(C1)OCC(=O)N2c1cc(F)c(-c2cccc(C(F)(F)F)c2)cc1C#N. The molecule has 2 fully saturated rings. The first-order valence-electron chi connectivity index (χ1n) is 11.6. The van der Waals surface area contributed by atoms with Crippen molar-refractivity contribution >= 4 is 17.7 Å². The minimum atomic E-state index is -4.62. The van der Waals surface area contributed by atoms with E-state index in [1.54, 1.807) is 20.8 Å². The third-order valence-electron chi connectivity index (χ3n) is 6.16. The van der Waals surface area contributed by atoms with Gasteiger partial charge in [0.05, 0.1) is 35.5 Å². The third kappa shape index (κ3) is 5.54. The van der Waals surface area contributed by atoms with E-state index in [4.69, 9.17) is 9.47 Å². The summed E-state index contributed by atoms with van der Waals surface area (Å²) in [6, 6.07) is 7.65. The van der Waals surface area contributed by atoms with Gasteiger partial charge in [-0.25, -0.2) is 9.18 Å². The van der Waals surface area contributed by atoms with Gasteiger partial charge in [-0.3, -0.25) is 4.79 Å². The molecule has 2 aromatic carbocycles. The molecule has 7 nitrogen and oxygen atoms in total. The topological polar surface area (TPSA) is 82.9 Å². The highest BCUT2D eigenvalue weighted by molar-refractivity contribution is 5.97. The van der Waals surface area contributed by atoms with E-state index in [0.29, 0.717) is 0 Å². The Balaban J connectivity index is 1.65. The van der Waals surface area contributed by atoms with Crippen LogP contribution in [0.1, 0.15) is 38.3 Å². The zero-order chi connectivity index (χ0) is 27.1. The first kappa shape index (κ1) is 26.4. The Morgan fingerprint density at radius 3 is 2.57 bits per heavy atom. The predicted octanol–water partition coefficient (Wildman–Crippen LogP) is 5.12. The van der Waals surface area contributed by atoms with Crippen LogP contribution in [-0.2, 0) is 20.4 Å². The summed E-state index contributed by atoms with van der Waals surface area (Å²) >= 11 is 0. The van der Waals surface area contributed by atoms with Crippen LogP contribution in [0.5, 0.6) is 0 Å². The van der Waals surface area contributed by atoms with Gasteiger partial charge in [0.2, 0.25) is 0 Å². The fraction of sp³-hybridized carbons (Fsp3) is 0.423. The number of piperidine rings is 1. The lowest BCUT2D eigenvalue weighted by Gasteiger charge is -2.46. The van der Waals surface area contributed by atoms with Gasteiger partial charge in [0.1, 0.15) is 24.1 Å². The summed E-state index contributed by atoms with van der Waals surface area (Å²) in [6.45, 7) is 5.28. The normalized spacial score (nSPS) is 20.3. The minimum absolute atomic E-state index is 0.00439. The Labute approximate surface area is 211 Å². The molecule has 2 atom stereocenters. The molecular formula is C26H25F4N3O4. The van der Waals surface area contributed by atoms with Crippen LogP contribution in [0.25, 0.3) is 11.1 Å². The highest BCUT2D eigenvalue weighted by atomic mass is 19.4. The fourth-order valence-corrected chi connectivity index (χ4v) is 4.54. The maximum atomic E-state index is 15.3. The van der Waals surface area contributed by atoms with Gasteiger partial charge in [-0.1, -0.05) is 12.1 Å². The van der Waals surface area contributed by atoms with E-state index in [1.807, 2.05) is 6.07 Å². The molecule has 37 heavy (non-hydrogen) atoms. The van der Waals surface area contributed by atoms with Crippen molar-refractivity contribution in [3.63, 3.8) is 0 Å². The van der Waals surface area contributed by atoms with E-state index in [2.05, 4.69) is 0 Å². The number of nitriles is 1. The van der Waals surface area contributed by atoms with Gasteiger partial charge in [-0.2, -0.15) is 18.4 Å².